The maximum atomic E-state index is 13.7. The van der Waals surface area contributed by atoms with Crippen molar-refractivity contribution in [2.45, 2.75) is 13.0 Å². The SMILES string of the molecule is CC(Nc1ccc2[nH]ccc2c1)c1c(F)cccc1F. The molecular formula is C16H14F2N2. The number of anilines is 1. The van der Waals surface area contributed by atoms with Gasteiger partial charge in [-0.25, -0.2) is 8.78 Å². The number of fused-ring (bicyclic) bond motifs is 1. The van der Waals surface area contributed by atoms with Crippen LogP contribution in [-0.2, 0) is 0 Å². The molecule has 0 saturated heterocycles. The molecule has 0 radical (unpaired) electrons. The molecule has 4 heteroatoms. The summed E-state index contributed by atoms with van der Waals surface area (Å²) in [4.78, 5) is 3.10. The highest BCUT2D eigenvalue weighted by molar-refractivity contribution is 5.83. The van der Waals surface area contributed by atoms with Gasteiger partial charge in [0.25, 0.3) is 0 Å². The summed E-state index contributed by atoms with van der Waals surface area (Å²) < 4.78 is 27.4. The van der Waals surface area contributed by atoms with Crippen molar-refractivity contribution in [3.05, 3.63) is 65.9 Å². The number of halogens is 2. The van der Waals surface area contributed by atoms with Crippen LogP contribution < -0.4 is 5.32 Å². The summed E-state index contributed by atoms with van der Waals surface area (Å²) >= 11 is 0. The summed E-state index contributed by atoms with van der Waals surface area (Å²) in [6, 6.07) is 11.2. The van der Waals surface area contributed by atoms with E-state index in [0.717, 1.165) is 16.6 Å². The second-order valence-corrected chi connectivity index (χ2v) is 4.78. The fourth-order valence-corrected chi connectivity index (χ4v) is 2.39. The Bertz CT molecular complexity index is 729. The number of hydrogen-bond acceptors (Lipinski definition) is 1. The van der Waals surface area contributed by atoms with Gasteiger partial charge in [-0.05, 0) is 43.3 Å². The molecule has 0 aliphatic carbocycles. The lowest BCUT2D eigenvalue weighted by atomic mass is 10.1. The van der Waals surface area contributed by atoms with E-state index in [1.54, 1.807) is 6.92 Å². The summed E-state index contributed by atoms with van der Waals surface area (Å²) in [5.74, 6) is -1.07. The van der Waals surface area contributed by atoms with Gasteiger partial charge in [0.15, 0.2) is 0 Å². The first-order valence-electron chi connectivity index (χ1n) is 6.43. The summed E-state index contributed by atoms with van der Waals surface area (Å²) in [5, 5.41) is 4.18. The molecule has 2 N–H and O–H groups in total. The molecule has 1 aromatic heterocycles. The molecule has 0 aliphatic rings. The highest BCUT2D eigenvalue weighted by atomic mass is 19.1. The van der Waals surface area contributed by atoms with E-state index in [9.17, 15) is 8.78 Å². The fourth-order valence-electron chi connectivity index (χ4n) is 2.39. The Morgan fingerprint density at radius 1 is 1.05 bits per heavy atom. The minimum absolute atomic E-state index is 0.0571. The van der Waals surface area contributed by atoms with Crippen molar-refractivity contribution in [3.63, 3.8) is 0 Å². The zero-order valence-corrected chi connectivity index (χ0v) is 11.0. The van der Waals surface area contributed by atoms with Gasteiger partial charge in [-0.1, -0.05) is 6.07 Å². The lowest BCUT2D eigenvalue weighted by Gasteiger charge is -2.17. The van der Waals surface area contributed by atoms with Crippen molar-refractivity contribution in [1.29, 1.82) is 0 Å². The maximum Gasteiger partial charge on any atom is 0.131 e. The van der Waals surface area contributed by atoms with Crippen LogP contribution in [0, 0.1) is 11.6 Å². The van der Waals surface area contributed by atoms with Gasteiger partial charge < -0.3 is 10.3 Å². The number of aromatic amines is 1. The number of benzene rings is 2. The van der Waals surface area contributed by atoms with Crippen molar-refractivity contribution < 1.29 is 8.78 Å². The zero-order valence-electron chi connectivity index (χ0n) is 11.0. The maximum absolute atomic E-state index is 13.7. The third-order valence-corrected chi connectivity index (χ3v) is 3.37. The average Bonchev–Trinajstić information content (AvgIpc) is 2.85. The van der Waals surface area contributed by atoms with Crippen LogP contribution in [0.2, 0.25) is 0 Å². The van der Waals surface area contributed by atoms with E-state index in [0.29, 0.717) is 0 Å². The van der Waals surface area contributed by atoms with Gasteiger partial charge in [0.05, 0.1) is 6.04 Å². The molecular weight excluding hydrogens is 258 g/mol. The summed E-state index contributed by atoms with van der Waals surface area (Å²) in [7, 11) is 0. The zero-order chi connectivity index (χ0) is 14.1. The van der Waals surface area contributed by atoms with Gasteiger partial charge in [0, 0.05) is 28.4 Å². The quantitative estimate of drug-likeness (QED) is 0.715. The van der Waals surface area contributed by atoms with Crippen molar-refractivity contribution in [3.8, 4) is 0 Å². The molecule has 3 aromatic rings. The van der Waals surface area contributed by atoms with E-state index in [4.69, 9.17) is 0 Å². The number of aromatic nitrogens is 1. The minimum Gasteiger partial charge on any atom is -0.378 e. The smallest absolute Gasteiger partial charge is 0.131 e. The van der Waals surface area contributed by atoms with E-state index in [-0.39, 0.29) is 5.56 Å². The van der Waals surface area contributed by atoms with Crippen LogP contribution in [0.15, 0.2) is 48.7 Å². The molecule has 0 fully saturated rings. The van der Waals surface area contributed by atoms with Crippen LogP contribution in [0.3, 0.4) is 0 Å². The third kappa shape index (κ3) is 2.25. The molecule has 0 amide bonds. The lowest BCUT2D eigenvalue weighted by Crippen LogP contribution is -2.10. The molecule has 2 aromatic carbocycles. The first-order valence-corrected chi connectivity index (χ1v) is 6.43. The first kappa shape index (κ1) is 12.7. The fraction of sp³-hybridized carbons (Fsp3) is 0.125. The van der Waals surface area contributed by atoms with Crippen molar-refractivity contribution >= 4 is 16.6 Å². The molecule has 1 unspecified atom stereocenters. The Morgan fingerprint density at radius 3 is 2.55 bits per heavy atom. The van der Waals surface area contributed by atoms with Crippen molar-refractivity contribution in [2.24, 2.45) is 0 Å². The molecule has 0 saturated carbocycles. The molecule has 1 heterocycles. The number of rotatable bonds is 3. The monoisotopic (exact) mass is 272 g/mol. The molecule has 0 bridgehead atoms. The number of nitrogens with one attached hydrogen (secondary N) is 2. The molecule has 2 nitrogen and oxygen atoms in total. The van der Waals surface area contributed by atoms with Gasteiger partial charge in [-0.3, -0.25) is 0 Å². The Hall–Kier alpha value is -2.36. The van der Waals surface area contributed by atoms with Crippen LogP contribution in [0.4, 0.5) is 14.5 Å². The van der Waals surface area contributed by atoms with Crippen LogP contribution in [0.25, 0.3) is 10.9 Å². The molecule has 20 heavy (non-hydrogen) atoms. The molecule has 0 aliphatic heterocycles. The molecule has 0 spiro atoms. The topological polar surface area (TPSA) is 27.8 Å². The largest absolute Gasteiger partial charge is 0.378 e. The van der Waals surface area contributed by atoms with Crippen LogP contribution in [0.5, 0.6) is 0 Å². The molecule has 1 atom stereocenters. The summed E-state index contributed by atoms with van der Waals surface area (Å²) in [6.07, 6.45) is 1.86. The standard InChI is InChI=1S/C16H14F2N2/c1-10(16-13(17)3-2-4-14(16)18)20-12-5-6-15-11(9-12)7-8-19-15/h2-10,19-20H,1H3. The second-order valence-electron chi connectivity index (χ2n) is 4.78. The van der Waals surface area contributed by atoms with Gasteiger partial charge in [0.1, 0.15) is 11.6 Å². The Labute approximate surface area is 115 Å². The predicted octanol–water partition coefficient (Wildman–Crippen LogP) is 4.62. The first-order chi connectivity index (χ1) is 9.65. The normalized spacial score (nSPS) is 12.6. The highest BCUT2D eigenvalue weighted by Gasteiger charge is 2.15. The third-order valence-electron chi connectivity index (χ3n) is 3.37. The second kappa shape index (κ2) is 4.96. The summed E-state index contributed by atoms with van der Waals surface area (Å²) in [5.41, 5.74) is 1.91. The molecule has 102 valence electrons. The summed E-state index contributed by atoms with van der Waals surface area (Å²) in [6.45, 7) is 1.74. The van der Waals surface area contributed by atoms with Crippen molar-refractivity contribution in [1.82, 2.24) is 4.98 Å². The van der Waals surface area contributed by atoms with Gasteiger partial charge >= 0.3 is 0 Å². The number of H-pyrrole nitrogens is 1. The minimum atomic E-state index is -0.535. The highest BCUT2D eigenvalue weighted by Crippen LogP contribution is 2.26. The van der Waals surface area contributed by atoms with Crippen LogP contribution >= 0.6 is 0 Å². The van der Waals surface area contributed by atoms with E-state index in [1.807, 2.05) is 30.5 Å². The predicted molar refractivity (Wildman–Crippen MR) is 76.7 cm³/mol. The van der Waals surface area contributed by atoms with Gasteiger partial charge in [0.2, 0.25) is 0 Å². The molecule has 3 rings (SSSR count). The van der Waals surface area contributed by atoms with Crippen molar-refractivity contribution in [2.75, 3.05) is 5.32 Å². The van der Waals surface area contributed by atoms with Crippen LogP contribution in [-0.4, -0.2) is 4.98 Å². The van der Waals surface area contributed by atoms with E-state index < -0.39 is 17.7 Å². The Kier molecular flexibility index (Phi) is 3.14. The van der Waals surface area contributed by atoms with Gasteiger partial charge in [-0.15, -0.1) is 0 Å². The van der Waals surface area contributed by atoms with E-state index in [1.165, 1.54) is 18.2 Å². The van der Waals surface area contributed by atoms with Gasteiger partial charge in [-0.2, -0.15) is 0 Å². The Morgan fingerprint density at radius 2 is 1.80 bits per heavy atom. The van der Waals surface area contributed by atoms with E-state index >= 15 is 0 Å². The Balaban J connectivity index is 1.90. The number of hydrogen-bond donors (Lipinski definition) is 2. The average molecular weight is 272 g/mol. The van der Waals surface area contributed by atoms with Crippen LogP contribution in [0.1, 0.15) is 18.5 Å². The van der Waals surface area contributed by atoms with E-state index in [2.05, 4.69) is 10.3 Å². The lowest BCUT2D eigenvalue weighted by molar-refractivity contribution is 0.544.